The topological polar surface area (TPSA) is 50.1 Å². The molecule has 0 aliphatic heterocycles. The molecule has 0 aromatic heterocycles. The van der Waals surface area contributed by atoms with Crippen molar-refractivity contribution >= 4 is 14.0 Å². The Morgan fingerprint density at radius 1 is 1.60 bits per heavy atom. The number of nitriles is 1. The Morgan fingerprint density at radius 3 is 2.60 bits per heavy atom. The zero-order valence-electron chi connectivity index (χ0n) is 9.75. The fourth-order valence-corrected chi connectivity index (χ4v) is 5.36. The molecule has 1 rings (SSSR count). The zero-order chi connectivity index (χ0) is 11.5. The van der Waals surface area contributed by atoms with Crippen molar-refractivity contribution in [3.05, 3.63) is 0 Å². The van der Waals surface area contributed by atoms with Crippen LogP contribution in [0, 0.1) is 17.2 Å². The highest BCUT2D eigenvalue weighted by atomic mass is 28.3. The average Bonchev–Trinajstić information content (AvgIpc) is 2.97. The fraction of sp³-hybridized carbons (Fsp3) is 0.818. The van der Waals surface area contributed by atoms with Gasteiger partial charge in [0.15, 0.2) is 0 Å². The summed E-state index contributed by atoms with van der Waals surface area (Å²) < 4.78 is 4.90. The molecular weight excluding hydrogens is 206 g/mol. The van der Waals surface area contributed by atoms with Gasteiger partial charge in [0.25, 0.3) is 0 Å². The van der Waals surface area contributed by atoms with Gasteiger partial charge in [0.2, 0.25) is 0 Å². The van der Waals surface area contributed by atoms with Crippen LogP contribution in [-0.4, -0.2) is 20.7 Å². The van der Waals surface area contributed by atoms with Crippen LogP contribution in [0.1, 0.15) is 19.8 Å². The maximum atomic E-state index is 11.5. The third-order valence-corrected chi connectivity index (χ3v) is 7.39. The van der Waals surface area contributed by atoms with Crippen LogP contribution in [0.15, 0.2) is 0 Å². The summed E-state index contributed by atoms with van der Waals surface area (Å²) in [6, 6.07) is 2.84. The molecule has 0 aromatic carbocycles. The normalized spacial score (nSPS) is 18.0. The van der Waals surface area contributed by atoms with Crippen LogP contribution < -0.4 is 0 Å². The van der Waals surface area contributed by atoms with Gasteiger partial charge in [-0.2, -0.15) is 5.26 Å². The first-order valence-corrected chi connectivity index (χ1v) is 8.86. The number of ether oxygens (including phenoxy) is 1. The van der Waals surface area contributed by atoms with Gasteiger partial charge >= 0.3 is 5.97 Å². The summed E-state index contributed by atoms with van der Waals surface area (Å²) in [7, 11) is -1.37. The third kappa shape index (κ3) is 3.35. The molecule has 0 saturated heterocycles. The predicted octanol–water partition coefficient (Wildman–Crippen LogP) is 2.56. The summed E-state index contributed by atoms with van der Waals surface area (Å²) in [5.41, 5.74) is 0.822. The monoisotopic (exact) mass is 225 g/mol. The molecule has 0 radical (unpaired) electrons. The minimum atomic E-state index is -1.37. The van der Waals surface area contributed by atoms with Gasteiger partial charge in [0.1, 0.15) is 5.92 Å². The lowest BCUT2D eigenvalue weighted by atomic mass is 10.2. The number of rotatable bonds is 5. The second kappa shape index (κ2) is 4.80. The molecule has 0 aromatic rings. The van der Waals surface area contributed by atoms with Crippen LogP contribution in [0.25, 0.3) is 0 Å². The first kappa shape index (κ1) is 12.2. The van der Waals surface area contributed by atoms with Crippen LogP contribution in [0.3, 0.4) is 0 Å². The Labute approximate surface area is 92.4 Å². The number of hydrogen-bond acceptors (Lipinski definition) is 3. The van der Waals surface area contributed by atoms with Crippen molar-refractivity contribution in [1.82, 2.24) is 0 Å². The number of carbonyl (C=O) groups excluding carboxylic acids is 1. The quantitative estimate of drug-likeness (QED) is 0.533. The summed E-state index contributed by atoms with van der Waals surface area (Å²) in [6.45, 7) is 6.68. The molecule has 0 amide bonds. The van der Waals surface area contributed by atoms with Crippen molar-refractivity contribution in [2.75, 3.05) is 6.61 Å². The van der Waals surface area contributed by atoms with Gasteiger partial charge < -0.3 is 4.74 Å². The lowest BCUT2D eigenvalue weighted by Crippen LogP contribution is -2.32. The first-order chi connectivity index (χ1) is 7.01. The summed E-state index contributed by atoms with van der Waals surface area (Å²) in [6.07, 6.45) is 2.58. The van der Waals surface area contributed by atoms with Gasteiger partial charge in [-0.25, -0.2) is 0 Å². The van der Waals surface area contributed by atoms with Crippen molar-refractivity contribution < 1.29 is 9.53 Å². The van der Waals surface area contributed by atoms with Crippen LogP contribution in [0.2, 0.25) is 24.7 Å². The van der Waals surface area contributed by atoms with E-state index in [1.54, 1.807) is 6.92 Å². The molecule has 1 saturated carbocycles. The predicted molar refractivity (Wildman–Crippen MR) is 61.0 cm³/mol. The second-order valence-electron chi connectivity index (χ2n) is 4.90. The van der Waals surface area contributed by atoms with E-state index in [0.29, 0.717) is 6.61 Å². The Morgan fingerprint density at radius 2 is 2.20 bits per heavy atom. The molecule has 1 atom stereocenters. The number of nitrogens with zero attached hydrogens (tertiary/aromatic N) is 1. The van der Waals surface area contributed by atoms with Crippen LogP contribution in [0.4, 0.5) is 0 Å². The van der Waals surface area contributed by atoms with Gasteiger partial charge in [0.05, 0.1) is 20.7 Å². The Bertz CT molecular complexity index is 279. The molecule has 15 heavy (non-hydrogen) atoms. The zero-order valence-corrected chi connectivity index (χ0v) is 10.7. The standard InChI is InChI=1S/C11H19NO2Si/c1-4-14-11(13)9(7-12)8-15(2,3)10-5-6-10/h9-10H,4-6,8H2,1-3H3. The van der Waals surface area contributed by atoms with Gasteiger partial charge in [0, 0.05) is 0 Å². The fourth-order valence-electron chi connectivity index (χ4n) is 1.98. The van der Waals surface area contributed by atoms with Crippen LogP contribution in [0.5, 0.6) is 0 Å². The maximum Gasteiger partial charge on any atom is 0.323 e. The first-order valence-electron chi connectivity index (χ1n) is 5.57. The van der Waals surface area contributed by atoms with E-state index < -0.39 is 14.0 Å². The van der Waals surface area contributed by atoms with E-state index in [4.69, 9.17) is 10.00 Å². The van der Waals surface area contributed by atoms with Gasteiger partial charge in [-0.05, 0) is 18.5 Å². The molecule has 3 nitrogen and oxygen atoms in total. The number of hydrogen-bond donors (Lipinski definition) is 0. The molecule has 0 heterocycles. The molecule has 4 heteroatoms. The highest BCUT2D eigenvalue weighted by Crippen LogP contribution is 2.47. The van der Waals surface area contributed by atoms with Gasteiger partial charge in [-0.15, -0.1) is 0 Å². The summed E-state index contributed by atoms with van der Waals surface area (Å²) >= 11 is 0. The SMILES string of the molecule is CCOC(=O)C(C#N)C[Si](C)(C)C1CC1. The maximum absolute atomic E-state index is 11.5. The van der Waals surface area contributed by atoms with E-state index in [0.717, 1.165) is 11.6 Å². The molecule has 0 N–H and O–H groups in total. The summed E-state index contributed by atoms with van der Waals surface area (Å²) in [5.74, 6) is -0.867. The van der Waals surface area contributed by atoms with E-state index in [-0.39, 0.29) is 5.97 Å². The van der Waals surface area contributed by atoms with Crippen molar-refractivity contribution in [2.45, 2.75) is 44.4 Å². The van der Waals surface area contributed by atoms with E-state index in [1.807, 2.05) is 0 Å². The van der Waals surface area contributed by atoms with E-state index in [1.165, 1.54) is 12.8 Å². The number of carbonyl (C=O) groups is 1. The largest absolute Gasteiger partial charge is 0.465 e. The van der Waals surface area contributed by atoms with Crippen LogP contribution >= 0.6 is 0 Å². The highest BCUT2D eigenvalue weighted by Gasteiger charge is 2.42. The summed E-state index contributed by atoms with van der Waals surface area (Å²) in [5, 5.41) is 8.96. The molecule has 1 aliphatic carbocycles. The Kier molecular flexibility index (Phi) is 3.92. The lowest BCUT2D eigenvalue weighted by molar-refractivity contribution is -0.145. The smallest absolute Gasteiger partial charge is 0.323 e. The molecular formula is C11H19NO2Si. The van der Waals surface area contributed by atoms with E-state index >= 15 is 0 Å². The summed E-state index contributed by atoms with van der Waals surface area (Å²) in [4.78, 5) is 11.5. The van der Waals surface area contributed by atoms with Crippen LogP contribution in [-0.2, 0) is 9.53 Å². The van der Waals surface area contributed by atoms with Crippen molar-refractivity contribution in [1.29, 1.82) is 5.26 Å². The molecule has 1 aliphatic rings. The van der Waals surface area contributed by atoms with Crippen molar-refractivity contribution in [3.63, 3.8) is 0 Å². The van der Waals surface area contributed by atoms with Gasteiger partial charge in [-0.3, -0.25) is 4.79 Å². The lowest BCUT2D eigenvalue weighted by Gasteiger charge is -2.23. The minimum absolute atomic E-state index is 0.332. The Balaban J connectivity index is 2.53. The highest BCUT2D eigenvalue weighted by molar-refractivity contribution is 6.79. The number of esters is 1. The average molecular weight is 225 g/mol. The molecule has 84 valence electrons. The molecule has 1 unspecified atom stereocenters. The Hall–Kier alpha value is -0.823. The third-order valence-electron chi connectivity index (χ3n) is 3.14. The van der Waals surface area contributed by atoms with Crippen molar-refractivity contribution in [3.8, 4) is 6.07 Å². The minimum Gasteiger partial charge on any atom is -0.465 e. The second-order valence-corrected chi connectivity index (χ2v) is 10.1. The van der Waals surface area contributed by atoms with E-state index in [9.17, 15) is 4.79 Å². The molecule has 1 fully saturated rings. The van der Waals surface area contributed by atoms with Crippen molar-refractivity contribution in [2.24, 2.45) is 5.92 Å². The van der Waals surface area contributed by atoms with E-state index in [2.05, 4.69) is 19.2 Å². The molecule has 0 spiro atoms. The van der Waals surface area contributed by atoms with Gasteiger partial charge in [-0.1, -0.05) is 25.9 Å². The molecule has 0 bridgehead atoms.